The molecule has 0 radical (unpaired) electrons. The van der Waals surface area contributed by atoms with E-state index in [1.54, 1.807) is 19.0 Å². The molecule has 0 saturated carbocycles. The van der Waals surface area contributed by atoms with Gasteiger partial charge in [0.2, 0.25) is 5.91 Å². The highest BCUT2D eigenvalue weighted by Crippen LogP contribution is 2.40. The Morgan fingerprint density at radius 2 is 1.84 bits per heavy atom. The number of hydrogen-bond acceptors (Lipinski definition) is 3. The van der Waals surface area contributed by atoms with E-state index in [-0.39, 0.29) is 17.5 Å². The Morgan fingerprint density at radius 3 is 2.56 bits per heavy atom. The van der Waals surface area contributed by atoms with Crippen LogP contribution in [0.4, 0.5) is 5.69 Å². The highest BCUT2D eigenvalue weighted by molar-refractivity contribution is 7.80. The molecule has 0 bridgehead atoms. The molecule has 128 valence electrons. The lowest BCUT2D eigenvalue weighted by atomic mass is 9.86. The molecule has 3 rings (SSSR count). The maximum atomic E-state index is 12.5. The lowest BCUT2D eigenvalue weighted by Gasteiger charge is -2.38. The van der Waals surface area contributed by atoms with Crippen molar-refractivity contribution in [1.29, 1.82) is 0 Å². The molecule has 2 aromatic carbocycles. The van der Waals surface area contributed by atoms with Crippen molar-refractivity contribution in [3.8, 4) is 0 Å². The minimum absolute atomic E-state index is 0.0304. The predicted octanol–water partition coefficient (Wildman–Crippen LogP) is 3.80. The molecule has 1 aliphatic heterocycles. The van der Waals surface area contributed by atoms with Crippen LogP contribution in [0.5, 0.6) is 0 Å². The second-order valence-electron chi connectivity index (χ2n) is 6.16. The third-order valence-corrected chi connectivity index (χ3v) is 4.34. The van der Waals surface area contributed by atoms with Crippen molar-refractivity contribution in [2.45, 2.75) is 12.0 Å². The number of amides is 1. The Bertz CT molecular complexity index is 817. The zero-order chi connectivity index (χ0) is 17.9. The van der Waals surface area contributed by atoms with Gasteiger partial charge in [0, 0.05) is 25.3 Å². The van der Waals surface area contributed by atoms with E-state index in [0.717, 1.165) is 16.8 Å². The quantitative estimate of drug-likeness (QED) is 0.850. The lowest BCUT2D eigenvalue weighted by Crippen LogP contribution is -2.41. The van der Waals surface area contributed by atoms with Gasteiger partial charge in [0.05, 0.1) is 6.42 Å². The van der Waals surface area contributed by atoms with Gasteiger partial charge in [0.25, 0.3) is 5.17 Å². The highest BCUT2D eigenvalue weighted by atomic mass is 32.1. The van der Waals surface area contributed by atoms with Crippen LogP contribution in [0.1, 0.15) is 17.5 Å². The van der Waals surface area contributed by atoms with Crippen LogP contribution in [0.2, 0.25) is 0 Å². The van der Waals surface area contributed by atoms with Crippen LogP contribution < -0.4 is 5.32 Å². The van der Waals surface area contributed by atoms with Crippen LogP contribution in [0.15, 0.2) is 60.7 Å². The van der Waals surface area contributed by atoms with Crippen LogP contribution in [0.3, 0.4) is 0 Å². The number of thiocarbonyl (C=S) groups is 1. The van der Waals surface area contributed by atoms with Crippen LogP contribution in [0.25, 0.3) is 6.08 Å². The monoisotopic (exact) mass is 352 g/mol. The number of ether oxygens (including phenoxy) is 1. The summed E-state index contributed by atoms with van der Waals surface area (Å²) < 4.78 is 6.03. The first-order chi connectivity index (χ1) is 12.0. The minimum Gasteiger partial charge on any atom is -0.454 e. The fraction of sp³-hybridized carbons (Fsp3) is 0.200. The number of carbonyl (C=O) groups is 1. The van der Waals surface area contributed by atoms with Crippen molar-refractivity contribution in [3.63, 3.8) is 0 Å². The second-order valence-corrected chi connectivity index (χ2v) is 6.53. The number of rotatable bonds is 4. The number of anilines is 1. The lowest BCUT2D eigenvalue weighted by molar-refractivity contribution is -0.132. The summed E-state index contributed by atoms with van der Waals surface area (Å²) in [6.45, 7) is 0. The molecular weight excluding hydrogens is 332 g/mol. The molecule has 5 heteroatoms. The maximum Gasteiger partial charge on any atom is 0.262 e. The van der Waals surface area contributed by atoms with Gasteiger partial charge in [-0.1, -0.05) is 54.6 Å². The summed E-state index contributed by atoms with van der Waals surface area (Å²) in [6.07, 6.45) is 4.06. The van der Waals surface area contributed by atoms with Crippen molar-refractivity contribution in [1.82, 2.24) is 4.90 Å². The van der Waals surface area contributed by atoms with E-state index in [9.17, 15) is 4.79 Å². The van der Waals surface area contributed by atoms with Gasteiger partial charge < -0.3 is 15.0 Å². The smallest absolute Gasteiger partial charge is 0.262 e. The summed E-state index contributed by atoms with van der Waals surface area (Å²) in [5.41, 5.74) is 1.86. The summed E-state index contributed by atoms with van der Waals surface area (Å²) >= 11 is 5.29. The molecule has 1 N–H and O–H groups in total. The number of nitrogens with one attached hydrogen (secondary N) is 1. The van der Waals surface area contributed by atoms with E-state index in [2.05, 4.69) is 5.32 Å². The summed E-state index contributed by atoms with van der Waals surface area (Å²) in [5.74, 6) is -0.0304. The fourth-order valence-corrected chi connectivity index (χ4v) is 3.07. The molecule has 0 saturated heterocycles. The summed E-state index contributed by atoms with van der Waals surface area (Å²) in [5, 5.41) is 3.33. The summed E-state index contributed by atoms with van der Waals surface area (Å²) in [7, 11) is 3.48. The predicted molar refractivity (Wildman–Crippen MR) is 104 cm³/mol. The number of nitrogens with zero attached hydrogens (tertiary/aromatic N) is 1. The van der Waals surface area contributed by atoms with Crippen LogP contribution >= 0.6 is 12.2 Å². The van der Waals surface area contributed by atoms with Gasteiger partial charge in [0.15, 0.2) is 5.60 Å². The first kappa shape index (κ1) is 17.2. The summed E-state index contributed by atoms with van der Waals surface area (Å²) in [4.78, 5) is 14.1. The van der Waals surface area contributed by atoms with Gasteiger partial charge in [0.1, 0.15) is 0 Å². The van der Waals surface area contributed by atoms with Crippen LogP contribution in [0, 0.1) is 0 Å². The first-order valence-corrected chi connectivity index (χ1v) is 8.45. The van der Waals surface area contributed by atoms with Crippen molar-refractivity contribution in [2.24, 2.45) is 0 Å². The molecule has 0 aromatic heterocycles. The molecule has 25 heavy (non-hydrogen) atoms. The molecule has 0 fully saturated rings. The highest BCUT2D eigenvalue weighted by Gasteiger charge is 2.40. The molecule has 1 unspecified atom stereocenters. The Morgan fingerprint density at radius 1 is 1.16 bits per heavy atom. The van der Waals surface area contributed by atoms with E-state index in [1.165, 1.54) is 0 Å². The van der Waals surface area contributed by atoms with Crippen molar-refractivity contribution in [3.05, 3.63) is 71.8 Å². The third kappa shape index (κ3) is 3.72. The summed E-state index contributed by atoms with van der Waals surface area (Å²) in [6, 6.07) is 17.7. The second kappa shape index (κ2) is 7.07. The normalized spacial score (nSPS) is 19.0. The van der Waals surface area contributed by atoms with E-state index in [4.69, 9.17) is 17.0 Å². The van der Waals surface area contributed by atoms with Crippen molar-refractivity contribution in [2.75, 3.05) is 19.4 Å². The average Bonchev–Trinajstić information content (AvgIpc) is 2.60. The Hall–Kier alpha value is -2.66. The van der Waals surface area contributed by atoms with Gasteiger partial charge in [-0.3, -0.25) is 4.79 Å². The van der Waals surface area contributed by atoms with Crippen LogP contribution in [-0.2, 0) is 15.1 Å². The number of fused-ring (bicyclic) bond motifs is 1. The van der Waals surface area contributed by atoms with Gasteiger partial charge in [-0.25, -0.2) is 0 Å². The van der Waals surface area contributed by atoms with Crippen molar-refractivity contribution < 1.29 is 9.53 Å². The van der Waals surface area contributed by atoms with E-state index in [1.807, 2.05) is 66.7 Å². The third-order valence-electron chi connectivity index (χ3n) is 4.15. The number of hydrogen-bond donors (Lipinski definition) is 1. The molecule has 1 atom stereocenters. The van der Waals surface area contributed by atoms with E-state index >= 15 is 0 Å². The largest absolute Gasteiger partial charge is 0.454 e. The maximum absolute atomic E-state index is 12.5. The molecular formula is C20H20N2O2S. The zero-order valence-electron chi connectivity index (χ0n) is 14.2. The standard InChI is InChI=1S/C20H20N2O2S/c1-22(2)18(23)14-20(13-12-15-8-4-3-5-9-15)16-10-6-7-11-17(16)21-19(25)24-20/h3-13H,14H2,1-2H3,(H,21,25)/b13-12+. The van der Waals surface area contributed by atoms with Gasteiger partial charge in [-0.05, 0) is 29.9 Å². The van der Waals surface area contributed by atoms with Gasteiger partial charge in [-0.15, -0.1) is 0 Å². The molecule has 1 amide bonds. The minimum atomic E-state index is -0.934. The Kier molecular flexibility index (Phi) is 4.86. The van der Waals surface area contributed by atoms with Gasteiger partial charge >= 0.3 is 0 Å². The van der Waals surface area contributed by atoms with E-state index in [0.29, 0.717) is 0 Å². The molecule has 1 aliphatic rings. The molecule has 2 aromatic rings. The molecule has 0 aliphatic carbocycles. The topological polar surface area (TPSA) is 41.6 Å². The number of carbonyl (C=O) groups excluding carboxylic acids is 1. The SMILES string of the molecule is CN(C)C(=O)CC1(/C=C/c2ccccc2)OC(=S)Nc2ccccc21. The van der Waals surface area contributed by atoms with Crippen LogP contribution in [-0.4, -0.2) is 30.1 Å². The zero-order valence-corrected chi connectivity index (χ0v) is 15.0. The molecule has 4 nitrogen and oxygen atoms in total. The van der Waals surface area contributed by atoms with E-state index < -0.39 is 5.60 Å². The number of benzene rings is 2. The average molecular weight is 352 g/mol. The Balaban J connectivity index is 2.08. The molecule has 1 heterocycles. The Labute approximate surface area is 153 Å². The fourth-order valence-electron chi connectivity index (χ4n) is 2.81. The first-order valence-electron chi connectivity index (χ1n) is 8.04. The molecule has 0 spiro atoms. The number of para-hydroxylation sites is 1. The van der Waals surface area contributed by atoms with Gasteiger partial charge in [-0.2, -0.15) is 0 Å². The van der Waals surface area contributed by atoms with Crippen molar-refractivity contribution >= 4 is 35.1 Å².